The Bertz CT molecular complexity index is 1020. The first-order chi connectivity index (χ1) is 13.7. The third kappa shape index (κ3) is 3.64. The largest absolute Gasteiger partial charge is 0.417 e. The number of hydrogen-bond donors (Lipinski definition) is 1. The molecule has 1 N–H and O–H groups in total. The van der Waals surface area contributed by atoms with Crippen LogP contribution in [0.5, 0.6) is 0 Å². The van der Waals surface area contributed by atoms with E-state index in [4.69, 9.17) is 0 Å². The summed E-state index contributed by atoms with van der Waals surface area (Å²) in [6.45, 7) is 0.0962. The van der Waals surface area contributed by atoms with Crippen molar-refractivity contribution in [2.24, 2.45) is 5.92 Å². The summed E-state index contributed by atoms with van der Waals surface area (Å²) in [5, 5.41) is 2.93. The maximum Gasteiger partial charge on any atom is 0.417 e. The van der Waals surface area contributed by atoms with E-state index >= 15 is 0 Å². The monoisotopic (exact) mass is 424 g/mol. The highest BCUT2D eigenvalue weighted by atomic mass is 32.2. The van der Waals surface area contributed by atoms with Gasteiger partial charge in [-0.15, -0.1) is 0 Å². The number of amides is 1. The number of halogens is 3. The van der Waals surface area contributed by atoms with Gasteiger partial charge in [-0.1, -0.05) is 30.3 Å². The molecular formula is C20H19F3N2O3S. The molecule has 2 aromatic carbocycles. The first kappa shape index (κ1) is 19.9. The van der Waals surface area contributed by atoms with Gasteiger partial charge < -0.3 is 5.32 Å². The number of carbonyl (C=O) groups is 1. The van der Waals surface area contributed by atoms with Crippen LogP contribution >= 0.6 is 0 Å². The van der Waals surface area contributed by atoms with Gasteiger partial charge in [0.25, 0.3) is 5.91 Å². The van der Waals surface area contributed by atoms with Gasteiger partial charge in [0, 0.05) is 24.2 Å². The van der Waals surface area contributed by atoms with Crippen LogP contribution in [0.2, 0.25) is 0 Å². The third-order valence-corrected chi connectivity index (χ3v) is 7.60. The van der Waals surface area contributed by atoms with Crippen LogP contribution in [0.15, 0.2) is 59.5 Å². The topological polar surface area (TPSA) is 66.5 Å². The first-order valence-electron chi connectivity index (χ1n) is 9.22. The summed E-state index contributed by atoms with van der Waals surface area (Å²) in [5.74, 6) is -0.361. The Balaban J connectivity index is 1.51. The van der Waals surface area contributed by atoms with Crippen molar-refractivity contribution in [3.05, 3.63) is 65.7 Å². The van der Waals surface area contributed by atoms with Gasteiger partial charge in [0.15, 0.2) is 0 Å². The Morgan fingerprint density at radius 1 is 1.00 bits per heavy atom. The molecule has 2 bridgehead atoms. The van der Waals surface area contributed by atoms with Crippen molar-refractivity contribution in [2.75, 3.05) is 6.54 Å². The zero-order valence-corrected chi connectivity index (χ0v) is 16.1. The van der Waals surface area contributed by atoms with Crippen molar-refractivity contribution in [1.29, 1.82) is 0 Å². The fraction of sp³-hybridized carbons (Fsp3) is 0.350. The van der Waals surface area contributed by atoms with Crippen molar-refractivity contribution in [1.82, 2.24) is 9.62 Å². The van der Waals surface area contributed by atoms with E-state index in [1.54, 1.807) is 30.3 Å². The number of benzene rings is 2. The van der Waals surface area contributed by atoms with E-state index < -0.39 is 32.7 Å². The summed E-state index contributed by atoms with van der Waals surface area (Å²) in [6.07, 6.45) is -3.85. The second-order valence-electron chi connectivity index (χ2n) is 7.40. The van der Waals surface area contributed by atoms with Crippen LogP contribution in [-0.2, 0) is 16.2 Å². The quantitative estimate of drug-likeness (QED) is 0.819. The van der Waals surface area contributed by atoms with Crippen molar-refractivity contribution >= 4 is 15.9 Å². The van der Waals surface area contributed by atoms with Crippen LogP contribution in [0, 0.1) is 5.92 Å². The molecule has 1 amide bonds. The number of nitrogens with zero attached hydrogens (tertiary/aromatic N) is 1. The molecular weight excluding hydrogens is 405 g/mol. The van der Waals surface area contributed by atoms with Crippen LogP contribution < -0.4 is 5.32 Å². The van der Waals surface area contributed by atoms with E-state index in [1.165, 1.54) is 12.1 Å². The Morgan fingerprint density at radius 2 is 1.66 bits per heavy atom. The Kier molecular flexibility index (Phi) is 4.90. The standard InChI is InChI=1S/C20H19F3N2O3S/c21-20(22,23)16-8-4-5-9-18(16)29(27,28)25-12-14-10-15(25)11-17(14)24-19(26)13-6-2-1-3-7-13/h1-9,14-15,17H,10-12H2,(H,24,26)/t14-,15-,17-/m0/s1. The SMILES string of the molecule is O=C(N[C@H]1C[C@@H]2C[C@H]1CN2S(=O)(=O)c1ccccc1C(F)(F)F)c1ccccc1. The number of alkyl halides is 3. The molecule has 1 saturated heterocycles. The highest BCUT2D eigenvalue weighted by Crippen LogP contribution is 2.43. The number of hydrogen-bond acceptors (Lipinski definition) is 3. The lowest BCUT2D eigenvalue weighted by Gasteiger charge is -2.31. The van der Waals surface area contributed by atoms with Crippen LogP contribution in [0.3, 0.4) is 0 Å². The van der Waals surface area contributed by atoms with Gasteiger partial charge in [0.2, 0.25) is 10.0 Å². The molecule has 9 heteroatoms. The summed E-state index contributed by atoms with van der Waals surface area (Å²) in [7, 11) is -4.29. The van der Waals surface area contributed by atoms with Crippen LogP contribution in [0.4, 0.5) is 13.2 Å². The lowest BCUT2D eigenvalue weighted by atomic mass is 10.0. The summed E-state index contributed by atoms with van der Waals surface area (Å²) in [5.41, 5.74) is -0.643. The second kappa shape index (κ2) is 7.14. The predicted molar refractivity (Wildman–Crippen MR) is 99.5 cm³/mol. The second-order valence-corrected chi connectivity index (χ2v) is 9.26. The molecule has 0 aromatic heterocycles. The highest BCUT2D eigenvalue weighted by Gasteiger charge is 2.51. The van der Waals surface area contributed by atoms with E-state index in [1.807, 2.05) is 0 Å². The van der Waals surface area contributed by atoms with Crippen molar-refractivity contribution in [2.45, 2.75) is 36.0 Å². The van der Waals surface area contributed by atoms with Crippen molar-refractivity contribution in [3.63, 3.8) is 0 Å². The molecule has 2 aliphatic rings. The molecule has 1 aliphatic carbocycles. The maximum atomic E-state index is 13.3. The average Bonchev–Trinajstić information content (AvgIpc) is 3.29. The predicted octanol–water partition coefficient (Wildman–Crippen LogP) is 3.29. The van der Waals surface area contributed by atoms with Gasteiger partial charge in [-0.3, -0.25) is 4.79 Å². The molecule has 0 radical (unpaired) electrons. The van der Waals surface area contributed by atoms with E-state index in [9.17, 15) is 26.4 Å². The molecule has 1 heterocycles. The molecule has 3 atom stereocenters. The van der Waals surface area contributed by atoms with Gasteiger partial charge >= 0.3 is 6.18 Å². The van der Waals surface area contributed by atoms with Gasteiger partial charge in [-0.2, -0.15) is 17.5 Å². The molecule has 2 aromatic rings. The van der Waals surface area contributed by atoms with Crippen LogP contribution in [-0.4, -0.2) is 37.3 Å². The minimum absolute atomic E-state index is 0.0962. The fourth-order valence-corrected chi connectivity index (χ4v) is 6.19. The first-order valence-corrected chi connectivity index (χ1v) is 10.7. The molecule has 29 heavy (non-hydrogen) atoms. The third-order valence-electron chi connectivity index (χ3n) is 5.62. The molecule has 154 valence electrons. The summed E-state index contributed by atoms with van der Waals surface area (Å²) >= 11 is 0. The lowest BCUT2D eigenvalue weighted by Crippen LogP contribution is -2.47. The zero-order valence-electron chi connectivity index (χ0n) is 15.3. The van der Waals surface area contributed by atoms with Crippen LogP contribution in [0.25, 0.3) is 0 Å². The van der Waals surface area contributed by atoms with Crippen LogP contribution in [0.1, 0.15) is 28.8 Å². The Morgan fingerprint density at radius 3 is 2.28 bits per heavy atom. The number of nitrogens with one attached hydrogen (secondary N) is 1. The van der Waals surface area contributed by atoms with Crippen molar-refractivity contribution < 1.29 is 26.4 Å². The number of rotatable bonds is 4. The molecule has 5 nitrogen and oxygen atoms in total. The Labute approximate surface area is 166 Å². The number of fused-ring (bicyclic) bond motifs is 2. The smallest absolute Gasteiger partial charge is 0.349 e. The average molecular weight is 424 g/mol. The van der Waals surface area contributed by atoms with E-state index in [0.29, 0.717) is 18.4 Å². The molecule has 2 fully saturated rings. The minimum Gasteiger partial charge on any atom is -0.349 e. The van der Waals surface area contributed by atoms with E-state index in [-0.39, 0.29) is 24.4 Å². The highest BCUT2D eigenvalue weighted by molar-refractivity contribution is 7.89. The van der Waals surface area contributed by atoms with E-state index in [2.05, 4.69) is 5.32 Å². The molecule has 1 aliphatic heterocycles. The minimum atomic E-state index is -4.76. The summed E-state index contributed by atoms with van der Waals surface area (Å²) < 4.78 is 67.0. The van der Waals surface area contributed by atoms with Gasteiger partial charge in [0.05, 0.1) is 10.5 Å². The normalized spacial score (nSPS) is 24.6. The lowest BCUT2D eigenvalue weighted by molar-refractivity contribution is -0.139. The molecule has 1 saturated carbocycles. The van der Waals surface area contributed by atoms with E-state index in [0.717, 1.165) is 16.4 Å². The molecule has 0 spiro atoms. The Hall–Kier alpha value is -2.39. The fourth-order valence-electron chi connectivity index (χ4n) is 4.28. The van der Waals surface area contributed by atoms with Crippen molar-refractivity contribution in [3.8, 4) is 0 Å². The molecule has 0 unspecified atom stereocenters. The number of carbonyl (C=O) groups excluding carboxylic acids is 1. The number of piperidine rings is 1. The van der Waals surface area contributed by atoms with Gasteiger partial charge in [-0.25, -0.2) is 8.42 Å². The zero-order chi connectivity index (χ0) is 20.8. The van der Waals surface area contributed by atoms with Gasteiger partial charge in [0.1, 0.15) is 0 Å². The molecule has 4 rings (SSSR count). The van der Waals surface area contributed by atoms with Gasteiger partial charge in [-0.05, 0) is 43.0 Å². The number of sulfonamides is 1. The maximum absolute atomic E-state index is 13.3. The summed E-state index contributed by atoms with van der Waals surface area (Å²) in [6, 6.07) is 12.3. The summed E-state index contributed by atoms with van der Waals surface area (Å²) in [4.78, 5) is 11.6.